The zero-order valence-electron chi connectivity index (χ0n) is 12.9. The first kappa shape index (κ1) is 16.7. The fourth-order valence-electron chi connectivity index (χ4n) is 3.96. The lowest BCUT2D eigenvalue weighted by molar-refractivity contribution is -0.924. The summed E-state index contributed by atoms with van der Waals surface area (Å²) < 4.78 is 7.71. The molecule has 2 fully saturated rings. The normalized spacial score (nSPS) is 42.3. The second-order valence-corrected chi connectivity index (χ2v) is 7.70. The number of nitrogens with zero attached hydrogens (tertiary/aromatic N) is 1. The molecular formula is C15H30INO. The molecule has 2 rings (SSSR count). The van der Waals surface area contributed by atoms with Gasteiger partial charge in [-0.1, -0.05) is 6.92 Å². The summed E-state index contributed by atoms with van der Waals surface area (Å²) in [4.78, 5) is 0. The lowest BCUT2D eigenvalue weighted by Crippen LogP contribution is -3.00. The molecule has 108 valence electrons. The Kier molecular flexibility index (Phi) is 4.83. The minimum absolute atomic E-state index is 0. The summed E-state index contributed by atoms with van der Waals surface area (Å²) in [5.74, 6) is 0.674. The molecule has 1 spiro atoms. The van der Waals surface area contributed by atoms with Crippen LogP contribution in [0.15, 0.2) is 0 Å². The van der Waals surface area contributed by atoms with Crippen LogP contribution in [0.4, 0.5) is 0 Å². The summed E-state index contributed by atoms with van der Waals surface area (Å²) in [5.41, 5.74) is 0.246. The molecule has 0 aromatic heterocycles. The monoisotopic (exact) mass is 367 g/mol. The Bertz CT molecular complexity index is 303. The van der Waals surface area contributed by atoms with E-state index in [1.54, 1.807) is 0 Å². The topological polar surface area (TPSA) is 9.23 Å². The number of piperidine rings is 1. The number of likely N-dealkylation sites (tertiary alicyclic amines) is 1. The van der Waals surface area contributed by atoms with Gasteiger partial charge in [-0.05, 0) is 40.0 Å². The van der Waals surface area contributed by atoms with Gasteiger partial charge in [-0.2, -0.15) is 0 Å². The van der Waals surface area contributed by atoms with Crippen LogP contribution in [0.2, 0.25) is 0 Å². The van der Waals surface area contributed by atoms with E-state index >= 15 is 0 Å². The van der Waals surface area contributed by atoms with Crippen LogP contribution >= 0.6 is 0 Å². The number of hydrogen-bond acceptors (Lipinski definition) is 1. The van der Waals surface area contributed by atoms with Crippen molar-refractivity contribution in [3.63, 3.8) is 0 Å². The van der Waals surface area contributed by atoms with Crippen LogP contribution in [-0.4, -0.2) is 42.4 Å². The second kappa shape index (κ2) is 5.21. The first-order valence-corrected chi connectivity index (χ1v) is 7.20. The maximum Gasteiger partial charge on any atom is 0.0885 e. The first-order chi connectivity index (χ1) is 7.67. The van der Waals surface area contributed by atoms with Crippen LogP contribution in [0.3, 0.4) is 0 Å². The average molecular weight is 367 g/mol. The molecule has 2 nitrogen and oxygen atoms in total. The van der Waals surface area contributed by atoms with Gasteiger partial charge in [0.2, 0.25) is 0 Å². The van der Waals surface area contributed by atoms with Crippen molar-refractivity contribution in [3.8, 4) is 0 Å². The molecule has 18 heavy (non-hydrogen) atoms. The fourth-order valence-corrected chi connectivity index (χ4v) is 3.96. The van der Waals surface area contributed by atoms with Crippen molar-refractivity contribution in [1.29, 1.82) is 0 Å². The molecule has 0 radical (unpaired) electrons. The molecule has 2 saturated heterocycles. The molecule has 0 aliphatic carbocycles. The van der Waals surface area contributed by atoms with Crippen molar-refractivity contribution >= 4 is 0 Å². The van der Waals surface area contributed by atoms with E-state index in [0.29, 0.717) is 12.0 Å². The highest BCUT2D eigenvalue weighted by atomic mass is 127. The van der Waals surface area contributed by atoms with E-state index in [1.807, 2.05) is 0 Å². The molecule has 2 aliphatic heterocycles. The Morgan fingerprint density at radius 2 is 1.72 bits per heavy atom. The third-order valence-corrected chi connectivity index (χ3v) is 5.34. The zero-order valence-corrected chi connectivity index (χ0v) is 15.1. The summed E-state index contributed by atoms with van der Waals surface area (Å²) in [7, 11) is 4.73. The van der Waals surface area contributed by atoms with Gasteiger partial charge < -0.3 is 33.2 Å². The zero-order chi connectivity index (χ0) is 12.9. The molecule has 3 unspecified atom stereocenters. The van der Waals surface area contributed by atoms with E-state index in [4.69, 9.17) is 4.74 Å². The van der Waals surface area contributed by atoms with Gasteiger partial charge in [-0.15, -0.1) is 0 Å². The van der Waals surface area contributed by atoms with E-state index in [2.05, 4.69) is 41.8 Å². The fraction of sp³-hybridized carbons (Fsp3) is 1.00. The minimum Gasteiger partial charge on any atom is -1.00 e. The number of ether oxygens (including phenoxy) is 1. The van der Waals surface area contributed by atoms with E-state index < -0.39 is 0 Å². The molecule has 0 N–H and O–H groups in total. The van der Waals surface area contributed by atoms with Crippen LogP contribution in [0.25, 0.3) is 0 Å². The number of rotatable bonds is 0. The van der Waals surface area contributed by atoms with Crippen molar-refractivity contribution in [2.75, 3.05) is 20.6 Å². The maximum absolute atomic E-state index is 6.57. The molecular weight excluding hydrogens is 337 g/mol. The van der Waals surface area contributed by atoms with Gasteiger partial charge in [0.1, 0.15) is 0 Å². The SMILES string of the molecule is CC1C[N+](C)(C)C(C)CC12CCCC(C)(C)O2.[I-]. The average Bonchev–Trinajstić information content (AvgIpc) is 2.13. The highest BCUT2D eigenvalue weighted by molar-refractivity contribution is 4.96. The summed E-state index contributed by atoms with van der Waals surface area (Å²) in [6.45, 7) is 10.6. The van der Waals surface area contributed by atoms with Crippen LogP contribution < -0.4 is 24.0 Å². The van der Waals surface area contributed by atoms with E-state index in [-0.39, 0.29) is 35.2 Å². The maximum atomic E-state index is 6.57. The van der Waals surface area contributed by atoms with Crippen LogP contribution in [0.1, 0.15) is 53.4 Å². The predicted molar refractivity (Wildman–Crippen MR) is 72.0 cm³/mol. The molecule has 2 aliphatic rings. The van der Waals surface area contributed by atoms with Crippen molar-refractivity contribution in [2.24, 2.45) is 5.92 Å². The first-order valence-electron chi connectivity index (χ1n) is 7.20. The lowest BCUT2D eigenvalue weighted by Gasteiger charge is -2.56. The van der Waals surface area contributed by atoms with Crippen molar-refractivity contribution in [3.05, 3.63) is 0 Å². The largest absolute Gasteiger partial charge is 1.00 e. The number of halogens is 1. The van der Waals surface area contributed by atoms with Gasteiger partial charge in [-0.3, -0.25) is 0 Å². The van der Waals surface area contributed by atoms with Gasteiger partial charge in [0.15, 0.2) is 0 Å². The van der Waals surface area contributed by atoms with Crippen molar-refractivity contribution in [1.82, 2.24) is 0 Å². The highest BCUT2D eigenvalue weighted by Gasteiger charge is 2.52. The Hall–Kier alpha value is 0.650. The van der Waals surface area contributed by atoms with Gasteiger partial charge in [0.05, 0.1) is 37.9 Å². The standard InChI is InChI=1S/C15H30NO.HI/c1-12-11-16(5,6)13(2)10-15(12)9-7-8-14(3,4)17-15;/h12-13H,7-11H2,1-6H3;1H/q+1;/p-1. The third kappa shape index (κ3) is 3.04. The lowest BCUT2D eigenvalue weighted by atomic mass is 9.72. The van der Waals surface area contributed by atoms with Gasteiger partial charge in [-0.25, -0.2) is 0 Å². The summed E-state index contributed by atoms with van der Waals surface area (Å²) >= 11 is 0. The van der Waals surface area contributed by atoms with E-state index in [1.165, 1.54) is 32.2 Å². The van der Waals surface area contributed by atoms with E-state index in [0.717, 1.165) is 4.48 Å². The van der Waals surface area contributed by atoms with E-state index in [9.17, 15) is 0 Å². The quantitative estimate of drug-likeness (QED) is 0.440. The molecule has 2 heterocycles. The van der Waals surface area contributed by atoms with Gasteiger partial charge in [0, 0.05) is 12.3 Å². The minimum atomic E-state index is 0. The summed E-state index contributed by atoms with van der Waals surface area (Å²) in [6.07, 6.45) is 5.04. The number of quaternary nitrogens is 1. The Balaban J connectivity index is 0.00000162. The molecule has 0 saturated carbocycles. The summed E-state index contributed by atoms with van der Waals surface area (Å²) in [5, 5.41) is 0. The second-order valence-electron chi connectivity index (χ2n) is 7.70. The van der Waals surface area contributed by atoms with Crippen LogP contribution in [0.5, 0.6) is 0 Å². The highest BCUT2D eigenvalue weighted by Crippen LogP contribution is 2.46. The van der Waals surface area contributed by atoms with Gasteiger partial charge >= 0.3 is 0 Å². The molecule has 0 aromatic carbocycles. The molecule has 0 aromatic rings. The smallest absolute Gasteiger partial charge is 0.0885 e. The third-order valence-electron chi connectivity index (χ3n) is 5.34. The summed E-state index contributed by atoms with van der Waals surface area (Å²) in [6, 6.07) is 0.708. The molecule has 3 heteroatoms. The Morgan fingerprint density at radius 1 is 1.11 bits per heavy atom. The van der Waals surface area contributed by atoms with Crippen LogP contribution in [0, 0.1) is 5.92 Å². The predicted octanol–water partition coefficient (Wildman–Crippen LogP) is 0.213. The number of hydrogen-bond donors (Lipinski definition) is 0. The Labute approximate surface area is 130 Å². The Morgan fingerprint density at radius 3 is 2.28 bits per heavy atom. The van der Waals surface area contributed by atoms with Crippen molar-refractivity contribution < 1.29 is 33.2 Å². The molecule has 0 bridgehead atoms. The van der Waals surface area contributed by atoms with Crippen LogP contribution in [-0.2, 0) is 4.74 Å². The van der Waals surface area contributed by atoms with Gasteiger partial charge in [0.25, 0.3) is 0 Å². The van der Waals surface area contributed by atoms with Crippen molar-refractivity contribution in [2.45, 2.75) is 70.6 Å². The molecule has 3 atom stereocenters. The molecule has 0 amide bonds.